The molecule has 0 radical (unpaired) electrons. The summed E-state index contributed by atoms with van der Waals surface area (Å²) in [5.41, 5.74) is 1.34. The van der Waals surface area contributed by atoms with Crippen molar-refractivity contribution in [3.63, 3.8) is 0 Å². The number of methoxy groups -OCH3 is 1. The molecule has 0 aliphatic rings. The molecule has 0 spiro atoms. The summed E-state index contributed by atoms with van der Waals surface area (Å²) in [4.78, 5) is 22.8. The number of rotatable bonds is 5. The summed E-state index contributed by atoms with van der Waals surface area (Å²) in [5, 5.41) is 15.5. The van der Waals surface area contributed by atoms with Crippen molar-refractivity contribution in [3.05, 3.63) is 42.2 Å². The zero-order valence-corrected chi connectivity index (χ0v) is 11.3. The Bertz CT molecular complexity index is 623. The lowest BCUT2D eigenvalue weighted by Crippen LogP contribution is -2.37. The molecule has 7 heteroatoms. The second kappa shape index (κ2) is 6.67. The van der Waals surface area contributed by atoms with Crippen LogP contribution in [0.15, 0.2) is 40.9 Å². The first-order chi connectivity index (χ1) is 10.1. The smallest absolute Gasteiger partial charge is 0.336 e. The quantitative estimate of drug-likeness (QED) is 0.782. The van der Waals surface area contributed by atoms with Crippen molar-refractivity contribution >= 4 is 11.9 Å². The van der Waals surface area contributed by atoms with Gasteiger partial charge in [-0.2, -0.15) is 0 Å². The van der Waals surface area contributed by atoms with Gasteiger partial charge in [0.25, 0.3) is 5.91 Å². The summed E-state index contributed by atoms with van der Waals surface area (Å²) in [5.74, 6) is -1.41. The maximum Gasteiger partial charge on any atom is 0.336 e. The molecule has 0 aliphatic carbocycles. The standard InChI is InChI=1S/C14H14N2O5/c1-20-14(19)11(17)8-15-13(18)12-7-10(16-21-12)9-5-3-2-4-6-9/h2-7,11,17H,8H2,1H3,(H,15,18). The first kappa shape index (κ1) is 14.7. The average molecular weight is 290 g/mol. The number of carbonyl (C=O) groups excluding carboxylic acids is 2. The molecule has 2 N–H and O–H groups in total. The van der Waals surface area contributed by atoms with Crippen molar-refractivity contribution in [1.29, 1.82) is 0 Å². The summed E-state index contributed by atoms with van der Waals surface area (Å²) in [6.07, 6.45) is -1.42. The van der Waals surface area contributed by atoms with Gasteiger partial charge in [-0.15, -0.1) is 0 Å². The molecule has 0 aliphatic heterocycles. The predicted molar refractivity (Wildman–Crippen MR) is 72.3 cm³/mol. The van der Waals surface area contributed by atoms with Gasteiger partial charge in [0.05, 0.1) is 13.7 Å². The number of hydrogen-bond donors (Lipinski definition) is 2. The topological polar surface area (TPSA) is 102 Å². The zero-order valence-electron chi connectivity index (χ0n) is 11.3. The lowest BCUT2D eigenvalue weighted by molar-refractivity contribution is -0.149. The molecule has 0 fully saturated rings. The van der Waals surface area contributed by atoms with Gasteiger partial charge in [-0.3, -0.25) is 4.79 Å². The second-order valence-electron chi connectivity index (χ2n) is 4.19. The Morgan fingerprint density at radius 3 is 2.76 bits per heavy atom. The van der Waals surface area contributed by atoms with Crippen molar-refractivity contribution in [2.75, 3.05) is 13.7 Å². The van der Waals surface area contributed by atoms with E-state index in [0.717, 1.165) is 12.7 Å². The van der Waals surface area contributed by atoms with Gasteiger partial charge in [-0.05, 0) is 0 Å². The number of aliphatic hydroxyl groups excluding tert-OH is 1. The van der Waals surface area contributed by atoms with E-state index in [1.807, 2.05) is 30.3 Å². The summed E-state index contributed by atoms with van der Waals surface area (Å²) < 4.78 is 9.28. The fourth-order valence-electron chi connectivity index (χ4n) is 1.62. The van der Waals surface area contributed by atoms with E-state index in [4.69, 9.17) is 4.52 Å². The molecule has 1 aromatic heterocycles. The van der Waals surface area contributed by atoms with Crippen molar-refractivity contribution in [3.8, 4) is 11.3 Å². The Morgan fingerprint density at radius 1 is 1.38 bits per heavy atom. The summed E-state index contributed by atoms with van der Waals surface area (Å²) in [6.45, 7) is -0.271. The Kier molecular flexibility index (Phi) is 4.68. The molecule has 1 unspecified atom stereocenters. The molecule has 1 heterocycles. The lowest BCUT2D eigenvalue weighted by atomic mass is 10.1. The summed E-state index contributed by atoms with van der Waals surface area (Å²) in [6, 6.07) is 10.7. The normalized spacial score (nSPS) is 11.7. The highest BCUT2D eigenvalue weighted by Gasteiger charge is 2.19. The van der Waals surface area contributed by atoms with E-state index in [1.165, 1.54) is 6.07 Å². The van der Waals surface area contributed by atoms with Gasteiger partial charge in [0.2, 0.25) is 5.76 Å². The molecular formula is C14H14N2O5. The van der Waals surface area contributed by atoms with E-state index in [9.17, 15) is 14.7 Å². The third kappa shape index (κ3) is 3.67. The maximum atomic E-state index is 11.8. The van der Waals surface area contributed by atoms with Crippen molar-refractivity contribution in [2.24, 2.45) is 0 Å². The van der Waals surface area contributed by atoms with Crippen molar-refractivity contribution in [1.82, 2.24) is 10.5 Å². The minimum absolute atomic E-state index is 0.00841. The number of aromatic nitrogens is 1. The number of benzene rings is 1. The minimum atomic E-state index is -1.42. The van der Waals surface area contributed by atoms with Gasteiger partial charge in [-0.25, -0.2) is 4.79 Å². The van der Waals surface area contributed by atoms with Crippen LogP contribution in [0.1, 0.15) is 10.6 Å². The van der Waals surface area contributed by atoms with Crippen LogP contribution in [0.2, 0.25) is 0 Å². The van der Waals surface area contributed by atoms with Crippen LogP contribution in [0.3, 0.4) is 0 Å². The van der Waals surface area contributed by atoms with Crippen LogP contribution < -0.4 is 5.32 Å². The van der Waals surface area contributed by atoms with E-state index in [1.54, 1.807) is 0 Å². The molecule has 110 valence electrons. The van der Waals surface area contributed by atoms with Crippen molar-refractivity contribution in [2.45, 2.75) is 6.10 Å². The van der Waals surface area contributed by atoms with Gasteiger partial charge in [0.1, 0.15) is 5.69 Å². The van der Waals surface area contributed by atoms with Crippen molar-refractivity contribution < 1.29 is 24.0 Å². The van der Waals surface area contributed by atoms with E-state index >= 15 is 0 Å². The number of ether oxygens (including phenoxy) is 1. The van der Waals surface area contributed by atoms with Gasteiger partial charge in [0.15, 0.2) is 6.10 Å². The molecule has 1 amide bonds. The third-order valence-corrected chi connectivity index (χ3v) is 2.73. The highest BCUT2D eigenvalue weighted by Crippen LogP contribution is 2.18. The molecule has 7 nitrogen and oxygen atoms in total. The Labute approximate surface area is 120 Å². The number of nitrogens with zero attached hydrogens (tertiary/aromatic N) is 1. The van der Waals surface area contributed by atoms with E-state index in [0.29, 0.717) is 5.69 Å². The molecule has 21 heavy (non-hydrogen) atoms. The Morgan fingerprint density at radius 2 is 2.10 bits per heavy atom. The van der Waals surface area contributed by atoms with Crippen LogP contribution in [0.25, 0.3) is 11.3 Å². The average Bonchev–Trinajstić information content (AvgIpc) is 3.02. The van der Waals surface area contributed by atoms with Crippen LogP contribution in [0, 0.1) is 0 Å². The SMILES string of the molecule is COC(=O)C(O)CNC(=O)c1cc(-c2ccccc2)no1. The summed E-state index contributed by atoms with van der Waals surface area (Å²) in [7, 11) is 1.15. The number of aliphatic hydroxyl groups is 1. The first-order valence-electron chi connectivity index (χ1n) is 6.18. The molecule has 2 rings (SSSR count). The Hall–Kier alpha value is -2.67. The molecule has 1 aromatic carbocycles. The highest BCUT2D eigenvalue weighted by molar-refractivity contribution is 5.92. The molecule has 0 bridgehead atoms. The summed E-state index contributed by atoms with van der Waals surface area (Å²) >= 11 is 0. The van der Waals surface area contributed by atoms with E-state index in [2.05, 4.69) is 15.2 Å². The lowest BCUT2D eigenvalue weighted by Gasteiger charge is -2.08. The fourth-order valence-corrected chi connectivity index (χ4v) is 1.62. The number of carbonyl (C=O) groups is 2. The van der Waals surface area contributed by atoms with Crippen LogP contribution in [-0.4, -0.2) is 41.9 Å². The largest absolute Gasteiger partial charge is 0.467 e. The predicted octanol–water partition coefficient (Wildman–Crippen LogP) is 0.605. The molecule has 2 aromatic rings. The number of esters is 1. The minimum Gasteiger partial charge on any atom is -0.467 e. The highest BCUT2D eigenvalue weighted by atomic mass is 16.5. The zero-order chi connectivity index (χ0) is 15.2. The fraction of sp³-hybridized carbons (Fsp3) is 0.214. The van der Waals surface area contributed by atoms with E-state index < -0.39 is 18.0 Å². The van der Waals surface area contributed by atoms with Gasteiger partial charge in [-0.1, -0.05) is 35.5 Å². The molecule has 1 atom stereocenters. The Balaban J connectivity index is 1.98. The monoisotopic (exact) mass is 290 g/mol. The maximum absolute atomic E-state index is 11.8. The number of hydrogen-bond acceptors (Lipinski definition) is 6. The molecule has 0 saturated heterocycles. The van der Waals surface area contributed by atoms with Gasteiger partial charge >= 0.3 is 5.97 Å². The number of amides is 1. The van der Waals surface area contributed by atoms with Crippen LogP contribution >= 0.6 is 0 Å². The number of nitrogens with one attached hydrogen (secondary N) is 1. The van der Waals surface area contributed by atoms with E-state index in [-0.39, 0.29) is 12.3 Å². The van der Waals surface area contributed by atoms with Gasteiger partial charge in [0, 0.05) is 11.6 Å². The van der Waals surface area contributed by atoms with Crippen LogP contribution in [0.4, 0.5) is 0 Å². The van der Waals surface area contributed by atoms with Gasteiger partial charge < -0.3 is 19.7 Å². The molecule has 0 saturated carbocycles. The third-order valence-electron chi connectivity index (χ3n) is 2.73. The van der Waals surface area contributed by atoms with Crippen LogP contribution in [0.5, 0.6) is 0 Å². The first-order valence-corrected chi connectivity index (χ1v) is 6.18. The second-order valence-corrected chi connectivity index (χ2v) is 4.19. The van der Waals surface area contributed by atoms with Crippen LogP contribution in [-0.2, 0) is 9.53 Å². The molecular weight excluding hydrogens is 276 g/mol.